The van der Waals surface area contributed by atoms with Crippen molar-refractivity contribution in [2.24, 2.45) is 23.7 Å². The zero-order valence-electron chi connectivity index (χ0n) is 17.4. The molecule has 0 aliphatic carbocycles. The summed E-state index contributed by atoms with van der Waals surface area (Å²) < 4.78 is 1.98. The Labute approximate surface area is 163 Å². The molecule has 0 amide bonds. The van der Waals surface area contributed by atoms with Crippen molar-refractivity contribution in [2.75, 3.05) is 0 Å². The van der Waals surface area contributed by atoms with E-state index in [-0.39, 0.29) is 0 Å². The van der Waals surface area contributed by atoms with Crippen LogP contribution in [-0.2, 0) is 25.8 Å². The van der Waals surface area contributed by atoms with Crippen molar-refractivity contribution < 1.29 is 0 Å². The molecule has 2 aromatic rings. The van der Waals surface area contributed by atoms with Crippen molar-refractivity contribution in [2.45, 2.75) is 80.2 Å². The first-order valence-electron chi connectivity index (χ1n) is 10.1. The molecule has 0 bridgehead atoms. The Morgan fingerprint density at radius 2 is 1.58 bits per heavy atom. The molecule has 0 saturated heterocycles. The first kappa shape index (κ1) is 21.1. The van der Waals surface area contributed by atoms with Crippen LogP contribution in [0.15, 0.2) is 11.6 Å². The van der Waals surface area contributed by atoms with Gasteiger partial charge in [0.15, 0.2) is 0 Å². The summed E-state index contributed by atoms with van der Waals surface area (Å²) in [4.78, 5) is 4.81. The Hall–Kier alpha value is -1.23. The molecule has 26 heavy (non-hydrogen) atoms. The average Bonchev–Trinajstić information content (AvgIpc) is 3.14. The standard InChI is InChI=1S/C21H36N4S/c1-15(2)9-20-14-26-21(22-20)11-18(6)8-7-17(5)10-19-13-25(24-23-19)12-16(3)4/h13-18H,7-12H2,1-6H3. The van der Waals surface area contributed by atoms with Crippen LogP contribution in [0.3, 0.4) is 0 Å². The van der Waals surface area contributed by atoms with E-state index in [1.807, 2.05) is 16.0 Å². The number of hydrogen-bond donors (Lipinski definition) is 0. The second kappa shape index (κ2) is 10.2. The molecule has 0 saturated carbocycles. The second-order valence-corrected chi connectivity index (χ2v) is 9.79. The molecule has 2 aromatic heterocycles. The van der Waals surface area contributed by atoms with Crippen LogP contribution in [0.1, 0.15) is 70.8 Å². The molecule has 0 spiro atoms. The molecule has 4 nitrogen and oxygen atoms in total. The third-order valence-corrected chi connectivity index (χ3v) is 5.51. The van der Waals surface area contributed by atoms with Crippen molar-refractivity contribution >= 4 is 11.3 Å². The van der Waals surface area contributed by atoms with Crippen molar-refractivity contribution in [1.29, 1.82) is 0 Å². The highest BCUT2D eigenvalue weighted by Gasteiger charge is 2.13. The molecule has 2 unspecified atom stereocenters. The van der Waals surface area contributed by atoms with E-state index in [0.29, 0.717) is 23.7 Å². The third kappa shape index (κ3) is 7.56. The number of aromatic nitrogens is 4. The minimum Gasteiger partial charge on any atom is -0.252 e. The summed E-state index contributed by atoms with van der Waals surface area (Å²) in [5, 5.41) is 12.1. The van der Waals surface area contributed by atoms with Gasteiger partial charge in [-0.15, -0.1) is 16.4 Å². The van der Waals surface area contributed by atoms with Gasteiger partial charge >= 0.3 is 0 Å². The van der Waals surface area contributed by atoms with Crippen molar-refractivity contribution in [3.05, 3.63) is 28.0 Å². The van der Waals surface area contributed by atoms with E-state index in [1.165, 1.54) is 23.5 Å². The highest BCUT2D eigenvalue weighted by Crippen LogP contribution is 2.22. The number of hydrogen-bond acceptors (Lipinski definition) is 4. The van der Waals surface area contributed by atoms with Crippen LogP contribution in [-0.4, -0.2) is 20.0 Å². The Kier molecular flexibility index (Phi) is 8.26. The van der Waals surface area contributed by atoms with Gasteiger partial charge in [-0.25, -0.2) is 4.98 Å². The molecule has 2 heterocycles. The van der Waals surface area contributed by atoms with Gasteiger partial charge in [-0.1, -0.05) is 59.6 Å². The lowest BCUT2D eigenvalue weighted by molar-refractivity contribution is 0.424. The summed E-state index contributed by atoms with van der Waals surface area (Å²) in [5.41, 5.74) is 2.40. The lowest BCUT2D eigenvalue weighted by atomic mass is 9.93. The predicted octanol–water partition coefficient (Wildman–Crippen LogP) is 5.43. The Morgan fingerprint density at radius 3 is 2.23 bits per heavy atom. The molecular formula is C21H36N4S. The van der Waals surface area contributed by atoms with Gasteiger partial charge in [-0.3, -0.25) is 4.68 Å². The van der Waals surface area contributed by atoms with Crippen LogP contribution in [0, 0.1) is 23.7 Å². The number of rotatable bonds is 11. The van der Waals surface area contributed by atoms with E-state index >= 15 is 0 Å². The van der Waals surface area contributed by atoms with Gasteiger partial charge in [0.2, 0.25) is 0 Å². The predicted molar refractivity (Wildman–Crippen MR) is 110 cm³/mol. The first-order chi connectivity index (χ1) is 12.3. The fraction of sp³-hybridized carbons (Fsp3) is 0.762. The zero-order chi connectivity index (χ0) is 19.1. The SMILES string of the molecule is CC(C)Cc1csc(CC(C)CCC(C)Cc2cn(CC(C)C)nn2)n1. The summed E-state index contributed by atoms with van der Waals surface area (Å²) in [5.74, 6) is 2.62. The fourth-order valence-electron chi connectivity index (χ4n) is 3.28. The van der Waals surface area contributed by atoms with Gasteiger partial charge in [0.25, 0.3) is 0 Å². The topological polar surface area (TPSA) is 43.6 Å². The fourth-order valence-corrected chi connectivity index (χ4v) is 4.25. The maximum atomic E-state index is 4.81. The largest absolute Gasteiger partial charge is 0.252 e. The van der Waals surface area contributed by atoms with Crippen molar-refractivity contribution in [3.8, 4) is 0 Å². The normalized spacial score (nSPS) is 14.3. The van der Waals surface area contributed by atoms with Crippen LogP contribution >= 0.6 is 11.3 Å². The molecule has 0 fully saturated rings. The van der Waals surface area contributed by atoms with Crippen LogP contribution in [0.5, 0.6) is 0 Å². The number of thiazole rings is 1. The van der Waals surface area contributed by atoms with E-state index in [9.17, 15) is 0 Å². The third-order valence-electron chi connectivity index (χ3n) is 4.59. The van der Waals surface area contributed by atoms with Gasteiger partial charge in [-0.2, -0.15) is 0 Å². The summed E-state index contributed by atoms with van der Waals surface area (Å²) in [6.45, 7) is 14.6. The average molecular weight is 377 g/mol. The lowest BCUT2D eigenvalue weighted by Gasteiger charge is -2.13. The minimum atomic E-state index is 0.606. The quantitative estimate of drug-likeness (QED) is 0.525. The van der Waals surface area contributed by atoms with Gasteiger partial charge in [0.05, 0.1) is 16.4 Å². The van der Waals surface area contributed by atoms with Gasteiger partial charge in [-0.05, 0) is 36.5 Å². The second-order valence-electron chi connectivity index (χ2n) is 8.85. The lowest BCUT2D eigenvalue weighted by Crippen LogP contribution is -2.06. The molecule has 0 N–H and O–H groups in total. The monoisotopic (exact) mass is 376 g/mol. The van der Waals surface area contributed by atoms with Crippen molar-refractivity contribution in [1.82, 2.24) is 20.0 Å². The molecule has 5 heteroatoms. The minimum absolute atomic E-state index is 0.606. The molecule has 0 aromatic carbocycles. The van der Waals surface area contributed by atoms with Crippen LogP contribution < -0.4 is 0 Å². The Bertz CT molecular complexity index is 588. The summed E-state index contributed by atoms with van der Waals surface area (Å²) in [7, 11) is 0. The molecule has 146 valence electrons. The van der Waals surface area contributed by atoms with Crippen LogP contribution in [0.25, 0.3) is 0 Å². The molecule has 0 aliphatic heterocycles. The smallest absolute Gasteiger partial charge is 0.0930 e. The molecule has 2 atom stereocenters. The van der Waals surface area contributed by atoms with Gasteiger partial charge in [0.1, 0.15) is 0 Å². The first-order valence-corrected chi connectivity index (χ1v) is 11.0. The summed E-state index contributed by atoms with van der Waals surface area (Å²) >= 11 is 1.83. The van der Waals surface area contributed by atoms with E-state index in [0.717, 1.165) is 31.5 Å². The summed E-state index contributed by atoms with van der Waals surface area (Å²) in [6, 6.07) is 0. The highest BCUT2D eigenvalue weighted by molar-refractivity contribution is 7.09. The van der Waals surface area contributed by atoms with Crippen LogP contribution in [0.4, 0.5) is 0 Å². The van der Waals surface area contributed by atoms with Gasteiger partial charge in [0, 0.05) is 24.5 Å². The maximum absolute atomic E-state index is 4.81. The number of nitrogens with zero attached hydrogens (tertiary/aromatic N) is 4. The highest BCUT2D eigenvalue weighted by atomic mass is 32.1. The van der Waals surface area contributed by atoms with Crippen LogP contribution in [0.2, 0.25) is 0 Å². The Balaban J connectivity index is 1.71. The molecule has 0 radical (unpaired) electrons. The van der Waals surface area contributed by atoms with E-state index in [4.69, 9.17) is 4.98 Å². The van der Waals surface area contributed by atoms with E-state index in [2.05, 4.69) is 63.4 Å². The molecule has 0 aliphatic rings. The molecular weight excluding hydrogens is 340 g/mol. The van der Waals surface area contributed by atoms with Gasteiger partial charge < -0.3 is 0 Å². The van der Waals surface area contributed by atoms with E-state index in [1.54, 1.807) is 0 Å². The Morgan fingerprint density at radius 1 is 0.885 bits per heavy atom. The summed E-state index contributed by atoms with van der Waals surface area (Å²) in [6.07, 6.45) is 7.84. The zero-order valence-corrected chi connectivity index (χ0v) is 18.2. The van der Waals surface area contributed by atoms with E-state index < -0.39 is 0 Å². The molecule has 2 rings (SSSR count). The maximum Gasteiger partial charge on any atom is 0.0930 e. The van der Waals surface area contributed by atoms with Crippen molar-refractivity contribution in [3.63, 3.8) is 0 Å².